The van der Waals surface area contributed by atoms with Gasteiger partial charge in [-0.1, -0.05) is 32.1 Å². The van der Waals surface area contributed by atoms with E-state index in [2.05, 4.69) is 19.2 Å². The van der Waals surface area contributed by atoms with Crippen LogP contribution in [0.5, 0.6) is 5.75 Å². The van der Waals surface area contributed by atoms with Gasteiger partial charge in [-0.2, -0.15) is 0 Å². The Balaban J connectivity index is 3.13. The van der Waals surface area contributed by atoms with Crippen LogP contribution in [-0.4, -0.2) is 25.2 Å². The maximum Gasteiger partial charge on any atom is 0.328 e. The Bertz CT molecular complexity index is 466. The molecule has 1 atom stereocenters. The number of nitrogens with one attached hydrogen (secondary N) is 1. The van der Waals surface area contributed by atoms with Crippen molar-refractivity contribution in [1.82, 2.24) is 5.32 Å². The second-order valence-corrected chi connectivity index (χ2v) is 4.62. The van der Waals surface area contributed by atoms with E-state index in [0.717, 1.165) is 17.4 Å². The average Bonchev–Trinajstić information content (AvgIpc) is 2.39. The van der Waals surface area contributed by atoms with Gasteiger partial charge >= 0.3 is 5.97 Å². The fraction of sp³-hybridized carbons (Fsp3) is 0.400. The number of rotatable bonds is 6. The maximum absolute atomic E-state index is 10.6. The number of ether oxygens (including phenoxy) is 1. The Morgan fingerprint density at radius 1 is 1.42 bits per heavy atom. The highest BCUT2D eigenvalue weighted by Gasteiger charge is 2.13. The Labute approximate surface area is 114 Å². The fourth-order valence-electron chi connectivity index (χ4n) is 1.88. The quantitative estimate of drug-likeness (QED) is 0.775. The minimum absolute atomic E-state index is 0.188. The fourth-order valence-corrected chi connectivity index (χ4v) is 1.88. The molecule has 0 radical (unpaired) electrons. The standard InChI is InChI=1S/C15H21NO3/c1-10(2)11-5-6-12(14(9-11)19-4)13(16-3)7-8-15(17)18/h5-10,13,16H,1-4H3,(H,17,18)/b8-7+. The summed E-state index contributed by atoms with van der Waals surface area (Å²) in [5.41, 5.74) is 2.12. The zero-order chi connectivity index (χ0) is 14.4. The highest BCUT2D eigenvalue weighted by Crippen LogP contribution is 2.29. The molecule has 4 heteroatoms. The molecule has 0 aliphatic heterocycles. The molecule has 1 aromatic rings. The van der Waals surface area contributed by atoms with Gasteiger partial charge in [-0.15, -0.1) is 0 Å². The number of likely N-dealkylation sites (N-methyl/N-ethyl adjacent to an activating group) is 1. The minimum atomic E-state index is -0.960. The summed E-state index contributed by atoms with van der Waals surface area (Å²) < 4.78 is 5.40. The van der Waals surface area contributed by atoms with Gasteiger partial charge in [0.05, 0.1) is 13.2 Å². The largest absolute Gasteiger partial charge is 0.496 e. The molecule has 0 heterocycles. The van der Waals surface area contributed by atoms with E-state index in [4.69, 9.17) is 9.84 Å². The molecular weight excluding hydrogens is 242 g/mol. The van der Waals surface area contributed by atoms with E-state index in [9.17, 15) is 4.79 Å². The van der Waals surface area contributed by atoms with Gasteiger partial charge in [0.25, 0.3) is 0 Å². The van der Waals surface area contributed by atoms with Crippen molar-refractivity contribution in [3.8, 4) is 5.75 Å². The van der Waals surface area contributed by atoms with Crippen LogP contribution in [0.3, 0.4) is 0 Å². The molecule has 2 N–H and O–H groups in total. The molecule has 0 aliphatic rings. The molecule has 4 nitrogen and oxygen atoms in total. The third-order valence-corrected chi connectivity index (χ3v) is 3.00. The van der Waals surface area contributed by atoms with Gasteiger partial charge in [0.2, 0.25) is 0 Å². The Morgan fingerprint density at radius 2 is 2.11 bits per heavy atom. The molecule has 0 amide bonds. The lowest BCUT2D eigenvalue weighted by Gasteiger charge is -2.18. The monoisotopic (exact) mass is 263 g/mol. The van der Waals surface area contributed by atoms with E-state index in [0.29, 0.717) is 5.92 Å². The maximum atomic E-state index is 10.6. The second-order valence-electron chi connectivity index (χ2n) is 4.62. The Morgan fingerprint density at radius 3 is 2.58 bits per heavy atom. The molecule has 1 rings (SSSR count). The van der Waals surface area contributed by atoms with Crippen molar-refractivity contribution in [3.63, 3.8) is 0 Å². The van der Waals surface area contributed by atoms with Crippen molar-refractivity contribution >= 4 is 5.97 Å². The number of aliphatic carboxylic acids is 1. The summed E-state index contributed by atoms with van der Waals surface area (Å²) in [4.78, 5) is 10.6. The SMILES string of the molecule is CNC(/C=C/C(=O)O)c1ccc(C(C)C)cc1OC. The summed E-state index contributed by atoms with van der Waals surface area (Å²) >= 11 is 0. The first-order valence-corrected chi connectivity index (χ1v) is 6.25. The number of hydrogen-bond acceptors (Lipinski definition) is 3. The van der Waals surface area contributed by atoms with Crippen LogP contribution in [0.4, 0.5) is 0 Å². The molecule has 0 aromatic heterocycles. The first-order valence-electron chi connectivity index (χ1n) is 6.25. The summed E-state index contributed by atoms with van der Waals surface area (Å²) in [5.74, 6) is 0.226. The number of benzene rings is 1. The highest BCUT2D eigenvalue weighted by atomic mass is 16.5. The Hall–Kier alpha value is -1.81. The zero-order valence-electron chi connectivity index (χ0n) is 11.8. The third kappa shape index (κ3) is 4.10. The van der Waals surface area contributed by atoms with Gasteiger partial charge in [-0.3, -0.25) is 0 Å². The van der Waals surface area contributed by atoms with Crippen molar-refractivity contribution in [2.24, 2.45) is 0 Å². The van der Waals surface area contributed by atoms with E-state index in [1.165, 1.54) is 5.56 Å². The predicted octanol–water partition coefficient (Wildman–Crippen LogP) is 2.72. The molecule has 0 aliphatic carbocycles. The van der Waals surface area contributed by atoms with Crippen LogP contribution in [0.25, 0.3) is 0 Å². The van der Waals surface area contributed by atoms with Gasteiger partial charge in [-0.05, 0) is 24.6 Å². The number of carboxylic acid groups (broad SMARTS) is 1. The normalized spacial score (nSPS) is 12.9. The summed E-state index contributed by atoms with van der Waals surface area (Å²) in [5, 5.41) is 11.8. The van der Waals surface area contributed by atoms with Crippen molar-refractivity contribution in [3.05, 3.63) is 41.5 Å². The first-order chi connectivity index (χ1) is 8.99. The summed E-state index contributed by atoms with van der Waals surface area (Å²) in [7, 11) is 3.41. The number of carbonyl (C=O) groups is 1. The van der Waals surface area contributed by atoms with Crippen molar-refractivity contribution in [2.45, 2.75) is 25.8 Å². The van der Waals surface area contributed by atoms with Crippen LogP contribution in [-0.2, 0) is 4.79 Å². The molecule has 0 fully saturated rings. The first kappa shape index (κ1) is 15.2. The number of hydrogen-bond donors (Lipinski definition) is 2. The van der Waals surface area contributed by atoms with E-state index in [-0.39, 0.29) is 6.04 Å². The molecule has 0 saturated heterocycles. The molecule has 0 saturated carbocycles. The van der Waals surface area contributed by atoms with Crippen LogP contribution in [0.15, 0.2) is 30.4 Å². The van der Waals surface area contributed by atoms with Gasteiger partial charge in [0.1, 0.15) is 5.75 Å². The van der Waals surface area contributed by atoms with E-state index >= 15 is 0 Å². The summed E-state index contributed by atoms with van der Waals surface area (Å²) in [6, 6.07) is 5.83. The van der Waals surface area contributed by atoms with Crippen LogP contribution < -0.4 is 10.1 Å². The summed E-state index contributed by atoms with van der Waals surface area (Å²) in [6.07, 6.45) is 2.74. The highest BCUT2D eigenvalue weighted by molar-refractivity contribution is 5.79. The van der Waals surface area contributed by atoms with Crippen LogP contribution in [0, 0.1) is 0 Å². The number of methoxy groups -OCH3 is 1. The Kier molecular flexibility index (Phi) is 5.57. The molecule has 1 aromatic carbocycles. The van der Waals surface area contributed by atoms with Crippen LogP contribution in [0.2, 0.25) is 0 Å². The van der Waals surface area contributed by atoms with E-state index < -0.39 is 5.97 Å². The van der Waals surface area contributed by atoms with Gasteiger partial charge < -0.3 is 15.2 Å². The predicted molar refractivity (Wildman–Crippen MR) is 75.7 cm³/mol. The molecule has 104 valence electrons. The summed E-state index contributed by atoms with van der Waals surface area (Å²) in [6.45, 7) is 4.24. The van der Waals surface area contributed by atoms with E-state index in [1.54, 1.807) is 20.2 Å². The molecule has 0 spiro atoms. The zero-order valence-corrected chi connectivity index (χ0v) is 11.8. The smallest absolute Gasteiger partial charge is 0.328 e. The average molecular weight is 263 g/mol. The van der Waals surface area contributed by atoms with Gasteiger partial charge in [-0.25, -0.2) is 4.79 Å². The number of carboxylic acids is 1. The molecular formula is C15H21NO3. The molecule has 1 unspecified atom stereocenters. The topological polar surface area (TPSA) is 58.6 Å². The second kappa shape index (κ2) is 6.95. The van der Waals surface area contributed by atoms with Crippen LogP contribution in [0.1, 0.15) is 36.9 Å². The van der Waals surface area contributed by atoms with Crippen molar-refractivity contribution in [2.75, 3.05) is 14.2 Å². The van der Waals surface area contributed by atoms with Crippen molar-refractivity contribution in [1.29, 1.82) is 0 Å². The van der Waals surface area contributed by atoms with Gasteiger partial charge in [0, 0.05) is 11.6 Å². The molecule has 0 bridgehead atoms. The van der Waals surface area contributed by atoms with Crippen LogP contribution >= 0.6 is 0 Å². The van der Waals surface area contributed by atoms with Gasteiger partial charge in [0.15, 0.2) is 0 Å². The van der Waals surface area contributed by atoms with Crippen molar-refractivity contribution < 1.29 is 14.6 Å². The lowest BCUT2D eigenvalue weighted by Crippen LogP contribution is -2.15. The third-order valence-electron chi connectivity index (χ3n) is 3.00. The lowest BCUT2D eigenvalue weighted by molar-refractivity contribution is -0.131. The minimum Gasteiger partial charge on any atom is -0.496 e. The van der Waals surface area contributed by atoms with E-state index in [1.807, 2.05) is 18.2 Å². The molecule has 19 heavy (non-hydrogen) atoms. The lowest BCUT2D eigenvalue weighted by atomic mass is 9.97.